The van der Waals surface area contributed by atoms with E-state index in [1.54, 1.807) is 12.1 Å². The van der Waals surface area contributed by atoms with Crippen molar-refractivity contribution in [2.75, 3.05) is 10.6 Å². The molecule has 3 rings (SSSR count). The number of hydrogen-bond acceptors (Lipinski definition) is 4. The zero-order chi connectivity index (χ0) is 19.4. The Morgan fingerprint density at radius 2 is 1.63 bits per heavy atom. The molecular formula is C22H24N4O. The minimum atomic E-state index is -0.117. The van der Waals surface area contributed by atoms with Crippen molar-refractivity contribution in [1.82, 2.24) is 9.97 Å². The Bertz CT molecular complexity index is 944. The van der Waals surface area contributed by atoms with Crippen molar-refractivity contribution in [3.05, 3.63) is 76.6 Å². The third kappa shape index (κ3) is 4.50. The zero-order valence-corrected chi connectivity index (χ0v) is 16.1. The van der Waals surface area contributed by atoms with E-state index in [1.165, 1.54) is 0 Å². The van der Waals surface area contributed by atoms with Gasteiger partial charge in [-0.15, -0.1) is 0 Å². The third-order valence-corrected chi connectivity index (χ3v) is 4.36. The summed E-state index contributed by atoms with van der Waals surface area (Å²) in [5.74, 6) is 0.436. The fourth-order valence-electron chi connectivity index (χ4n) is 3.00. The average molecular weight is 360 g/mol. The highest BCUT2D eigenvalue weighted by Crippen LogP contribution is 2.22. The fourth-order valence-corrected chi connectivity index (χ4v) is 3.00. The number of nitrogens with one attached hydrogen (secondary N) is 2. The first-order valence-electron chi connectivity index (χ1n) is 9.05. The molecule has 2 N–H and O–H groups in total. The SMILES string of the molecule is CCc1cccc(C)c1NC(=O)c1ccc(Nc2nc(C)cc(C)n2)cc1. The van der Waals surface area contributed by atoms with E-state index >= 15 is 0 Å². The van der Waals surface area contributed by atoms with Crippen LogP contribution >= 0.6 is 0 Å². The standard InChI is InChI=1S/C22H24N4O/c1-5-17-8-6-7-14(2)20(17)26-21(27)18-9-11-19(12-10-18)25-22-23-15(3)13-16(4)24-22/h6-13H,5H2,1-4H3,(H,26,27)(H,23,24,25). The highest BCUT2D eigenvalue weighted by molar-refractivity contribution is 6.05. The predicted octanol–water partition coefficient (Wildman–Crippen LogP) is 4.96. The summed E-state index contributed by atoms with van der Waals surface area (Å²) in [7, 11) is 0. The minimum absolute atomic E-state index is 0.117. The van der Waals surface area contributed by atoms with E-state index in [4.69, 9.17) is 0 Å². The van der Waals surface area contributed by atoms with Gasteiger partial charge in [0.15, 0.2) is 0 Å². The second kappa shape index (κ2) is 7.99. The van der Waals surface area contributed by atoms with Gasteiger partial charge in [-0.3, -0.25) is 4.79 Å². The van der Waals surface area contributed by atoms with Gasteiger partial charge >= 0.3 is 0 Å². The van der Waals surface area contributed by atoms with Crippen LogP contribution in [0.4, 0.5) is 17.3 Å². The normalized spacial score (nSPS) is 10.5. The fraction of sp³-hybridized carbons (Fsp3) is 0.227. The largest absolute Gasteiger partial charge is 0.324 e. The van der Waals surface area contributed by atoms with Crippen LogP contribution in [0.3, 0.4) is 0 Å². The Morgan fingerprint density at radius 3 is 2.26 bits per heavy atom. The van der Waals surface area contributed by atoms with Crippen LogP contribution in [-0.2, 0) is 6.42 Å². The molecule has 1 amide bonds. The summed E-state index contributed by atoms with van der Waals surface area (Å²) in [5, 5.41) is 6.22. The van der Waals surface area contributed by atoms with Gasteiger partial charge in [-0.2, -0.15) is 0 Å². The second-order valence-electron chi connectivity index (χ2n) is 6.59. The maximum Gasteiger partial charge on any atom is 0.255 e. The number of anilines is 3. The van der Waals surface area contributed by atoms with Crippen molar-refractivity contribution in [2.45, 2.75) is 34.1 Å². The maximum absolute atomic E-state index is 12.6. The monoisotopic (exact) mass is 360 g/mol. The Labute approximate surface area is 159 Å². The van der Waals surface area contributed by atoms with Gasteiger partial charge in [-0.1, -0.05) is 25.1 Å². The van der Waals surface area contributed by atoms with Gasteiger partial charge in [0.25, 0.3) is 5.91 Å². The molecule has 138 valence electrons. The molecule has 5 nitrogen and oxygen atoms in total. The van der Waals surface area contributed by atoms with Crippen molar-refractivity contribution in [1.29, 1.82) is 0 Å². The highest BCUT2D eigenvalue weighted by Gasteiger charge is 2.11. The third-order valence-electron chi connectivity index (χ3n) is 4.36. The zero-order valence-electron chi connectivity index (χ0n) is 16.1. The number of aryl methyl sites for hydroxylation is 4. The number of para-hydroxylation sites is 1. The van der Waals surface area contributed by atoms with Crippen molar-refractivity contribution in [3.63, 3.8) is 0 Å². The number of amides is 1. The second-order valence-corrected chi connectivity index (χ2v) is 6.59. The van der Waals surface area contributed by atoms with Gasteiger partial charge < -0.3 is 10.6 Å². The van der Waals surface area contributed by atoms with Gasteiger partial charge in [0.05, 0.1) is 0 Å². The summed E-state index contributed by atoms with van der Waals surface area (Å²) >= 11 is 0. The number of aromatic nitrogens is 2. The molecule has 1 heterocycles. The first-order valence-corrected chi connectivity index (χ1v) is 9.05. The van der Waals surface area contributed by atoms with Gasteiger partial charge in [0, 0.05) is 28.3 Å². The Morgan fingerprint density at radius 1 is 0.963 bits per heavy atom. The van der Waals surface area contributed by atoms with E-state index < -0.39 is 0 Å². The van der Waals surface area contributed by atoms with Crippen LogP contribution in [-0.4, -0.2) is 15.9 Å². The van der Waals surface area contributed by atoms with Crippen LogP contribution < -0.4 is 10.6 Å². The maximum atomic E-state index is 12.6. The summed E-state index contributed by atoms with van der Waals surface area (Å²) in [6, 6.07) is 15.3. The molecule has 0 unspecified atom stereocenters. The summed E-state index contributed by atoms with van der Waals surface area (Å²) < 4.78 is 0. The average Bonchev–Trinajstić information content (AvgIpc) is 2.63. The van der Waals surface area contributed by atoms with Gasteiger partial charge in [-0.25, -0.2) is 9.97 Å². The first-order chi connectivity index (χ1) is 13.0. The Kier molecular flexibility index (Phi) is 5.50. The molecule has 0 aliphatic rings. The molecule has 3 aromatic rings. The summed E-state index contributed by atoms with van der Waals surface area (Å²) in [6.45, 7) is 7.96. The molecule has 5 heteroatoms. The lowest BCUT2D eigenvalue weighted by molar-refractivity contribution is 0.102. The molecule has 0 aliphatic heterocycles. The lowest BCUT2D eigenvalue weighted by Gasteiger charge is -2.13. The molecule has 0 radical (unpaired) electrons. The quantitative estimate of drug-likeness (QED) is 0.675. The molecule has 0 fully saturated rings. The molecule has 0 bridgehead atoms. The van der Waals surface area contributed by atoms with Crippen LogP contribution in [0, 0.1) is 20.8 Å². The molecule has 0 atom stereocenters. The summed E-state index contributed by atoms with van der Waals surface area (Å²) in [6.07, 6.45) is 0.871. The predicted molar refractivity (Wildman–Crippen MR) is 110 cm³/mol. The summed E-state index contributed by atoms with van der Waals surface area (Å²) in [5.41, 5.74) is 6.35. The van der Waals surface area contributed by atoms with E-state index in [9.17, 15) is 4.79 Å². The van der Waals surface area contributed by atoms with Crippen LogP contribution in [0.5, 0.6) is 0 Å². The van der Waals surface area contributed by atoms with E-state index in [-0.39, 0.29) is 5.91 Å². The van der Waals surface area contributed by atoms with Gasteiger partial charge in [-0.05, 0) is 68.7 Å². The topological polar surface area (TPSA) is 66.9 Å². The Hall–Kier alpha value is -3.21. The van der Waals surface area contributed by atoms with Crippen molar-refractivity contribution >= 4 is 23.2 Å². The number of hydrogen-bond donors (Lipinski definition) is 2. The van der Waals surface area contributed by atoms with E-state index in [2.05, 4.69) is 27.5 Å². The number of nitrogens with zero attached hydrogens (tertiary/aromatic N) is 2. The first kappa shape index (κ1) is 18.6. The van der Waals surface area contributed by atoms with Crippen LogP contribution in [0.25, 0.3) is 0 Å². The lowest BCUT2D eigenvalue weighted by atomic mass is 10.1. The molecule has 27 heavy (non-hydrogen) atoms. The molecule has 0 aliphatic carbocycles. The van der Waals surface area contributed by atoms with Crippen LogP contribution in [0.15, 0.2) is 48.5 Å². The number of carbonyl (C=O) groups is 1. The number of rotatable bonds is 5. The van der Waals surface area contributed by atoms with Crippen LogP contribution in [0.1, 0.15) is 39.8 Å². The van der Waals surface area contributed by atoms with E-state index in [1.807, 2.05) is 57.2 Å². The molecule has 0 saturated carbocycles. The molecule has 2 aromatic carbocycles. The van der Waals surface area contributed by atoms with Gasteiger partial charge in [0.2, 0.25) is 5.95 Å². The van der Waals surface area contributed by atoms with E-state index in [0.29, 0.717) is 11.5 Å². The molecular weight excluding hydrogens is 336 g/mol. The molecule has 0 saturated heterocycles. The van der Waals surface area contributed by atoms with Crippen molar-refractivity contribution in [3.8, 4) is 0 Å². The number of carbonyl (C=O) groups excluding carboxylic acids is 1. The minimum Gasteiger partial charge on any atom is -0.324 e. The van der Waals surface area contributed by atoms with Gasteiger partial charge in [0.1, 0.15) is 0 Å². The van der Waals surface area contributed by atoms with E-state index in [0.717, 1.165) is 40.3 Å². The smallest absolute Gasteiger partial charge is 0.255 e. The Balaban J connectivity index is 1.74. The molecule has 0 spiro atoms. The summed E-state index contributed by atoms with van der Waals surface area (Å²) in [4.78, 5) is 21.4. The van der Waals surface area contributed by atoms with Crippen LogP contribution in [0.2, 0.25) is 0 Å². The number of benzene rings is 2. The molecule has 1 aromatic heterocycles. The highest BCUT2D eigenvalue weighted by atomic mass is 16.1. The lowest BCUT2D eigenvalue weighted by Crippen LogP contribution is -2.14. The van der Waals surface area contributed by atoms with Crippen molar-refractivity contribution in [2.24, 2.45) is 0 Å². The van der Waals surface area contributed by atoms with Crippen molar-refractivity contribution < 1.29 is 4.79 Å².